The second-order valence-corrected chi connectivity index (χ2v) is 15.3. The number of aliphatic hydroxyl groups is 11. The van der Waals surface area contributed by atoms with Crippen LogP contribution in [0.25, 0.3) is 11.8 Å². The van der Waals surface area contributed by atoms with E-state index in [2.05, 4.69) is 0 Å². The van der Waals surface area contributed by atoms with Crippen molar-refractivity contribution in [3.05, 3.63) is 107 Å². The van der Waals surface area contributed by atoms with E-state index in [0.717, 1.165) is 12.2 Å². The van der Waals surface area contributed by atoms with Gasteiger partial charge in [-0.2, -0.15) is 0 Å². The highest BCUT2D eigenvalue weighted by molar-refractivity contribution is 5.87. The molecule has 3 fully saturated rings. The van der Waals surface area contributed by atoms with Gasteiger partial charge in [-0.3, -0.25) is 0 Å². The smallest absolute Gasteiger partial charge is 0.330 e. The molecule has 0 radical (unpaired) electrons. The van der Waals surface area contributed by atoms with Gasteiger partial charge >= 0.3 is 5.97 Å². The number of benzene rings is 2. The monoisotopic (exact) mass is 904 g/mol. The van der Waals surface area contributed by atoms with Crippen LogP contribution < -0.4 is 0 Å². The van der Waals surface area contributed by atoms with E-state index >= 15 is 0 Å². The molecule has 0 bridgehead atoms. The number of allylic oxidation sites excluding steroid dienone is 2. The molecule has 7 rings (SSSR count). The van der Waals surface area contributed by atoms with Crippen LogP contribution in [0.15, 0.2) is 95.7 Å². The highest BCUT2D eigenvalue weighted by Gasteiger charge is 2.52. The minimum Gasteiger partial charge on any atom is -0.508 e. The molecule has 0 spiro atoms. The third-order valence-electron chi connectivity index (χ3n) is 10.9. The Kier molecular flexibility index (Phi) is 14.6. The van der Waals surface area contributed by atoms with Gasteiger partial charge in [0.05, 0.1) is 13.2 Å². The normalized spacial score (nSPS) is 36.6. The van der Waals surface area contributed by atoms with Gasteiger partial charge in [-0.25, -0.2) is 4.79 Å². The molecule has 13 N–H and O–H groups in total. The largest absolute Gasteiger partial charge is 0.508 e. The number of fused-ring (bicyclic) bond motifs is 1. The summed E-state index contributed by atoms with van der Waals surface area (Å²) in [5, 5.41) is 136. The molecular weight excluding hydrogens is 856 g/mol. The topological polar surface area (TPSA) is 354 Å². The van der Waals surface area contributed by atoms with Gasteiger partial charge in [-0.1, -0.05) is 12.1 Å². The van der Waals surface area contributed by atoms with E-state index < -0.39 is 130 Å². The number of phenolic OH excluding ortho intramolecular Hbond substituents is 2. The zero-order valence-electron chi connectivity index (χ0n) is 33.4. The van der Waals surface area contributed by atoms with Gasteiger partial charge in [0.15, 0.2) is 23.9 Å². The SMILES string of the molecule is O=C(/C=C/c1ccc(O)cc1)OC[C@H]1O[C@@H](OC2=C(c3ccc(O)cc3)OC3C=C(O)C=C(O[C@@H]4O[C@H](CO)[C@@H](O)[C@H](O)[C@H]4O)C3=C2)[C@H](O[C@@H]2O[C@H](CO)[C@@H](O)[C@H](O)[C@H]2O)[C@@H](O)[C@@H]1O. The fourth-order valence-corrected chi connectivity index (χ4v) is 7.30. The first kappa shape index (κ1) is 46.8. The van der Waals surface area contributed by atoms with Crippen molar-refractivity contribution in [3.63, 3.8) is 0 Å². The van der Waals surface area contributed by atoms with E-state index in [1.165, 1.54) is 66.8 Å². The van der Waals surface area contributed by atoms with Crippen LogP contribution in [0.2, 0.25) is 0 Å². The van der Waals surface area contributed by atoms with Gasteiger partial charge in [0, 0.05) is 29.4 Å². The zero-order chi connectivity index (χ0) is 46.0. The second kappa shape index (κ2) is 19.9. The van der Waals surface area contributed by atoms with Crippen LogP contribution in [0.4, 0.5) is 0 Å². The standard InChI is InChI=1S/C42H48O22/c43-14-26-30(49)33(52)36(55)40(61-26)59-24-12-21(47)11-23-22(24)13-25(38(58-23)18-4-8-20(46)9-5-18)60-42-39(64-41-37(56)34(53)31(50)27(15-44)62-41)35(54)32(51)28(63-42)16-57-29(48)10-3-17-1-6-19(45)7-2-17/h1-13,23,26-28,30-37,39-47,49-56H,14-16H2/b10-3+/t23?,26-,27-,28-,30-,31-,32-,33+,34+,35+,36-,37-,39-,40-,41+,42-/m1/s1. The Bertz CT molecular complexity index is 2100. The van der Waals surface area contributed by atoms with E-state index in [-0.39, 0.29) is 39.9 Å². The molecular formula is C42H48O22. The zero-order valence-corrected chi connectivity index (χ0v) is 33.4. The number of carbonyl (C=O) groups excluding carboxylic acids is 1. The number of esters is 1. The lowest BCUT2D eigenvalue weighted by Gasteiger charge is -2.46. The number of aromatic hydroxyl groups is 2. The molecule has 5 aliphatic rings. The van der Waals surface area contributed by atoms with Gasteiger partial charge in [0.1, 0.15) is 103 Å². The summed E-state index contributed by atoms with van der Waals surface area (Å²) in [5.74, 6) is -2.04. The number of hydrogen-bond acceptors (Lipinski definition) is 22. The molecule has 0 amide bonds. The van der Waals surface area contributed by atoms with Crippen molar-refractivity contribution < 1.29 is 109 Å². The number of ether oxygens (including phenoxy) is 8. The molecule has 22 nitrogen and oxygen atoms in total. The van der Waals surface area contributed by atoms with Crippen LogP contribution in [0.3, 0.4) is 0 Å². The number of phenols is 2. The molecule has 348 valence electrons. The number of carbonyl (C=O) groups is 1. The minimum atomic E-state index is -2.02. The van der Waals surface area contributed by atoms with Crippen LogP contribution in [0, 0.1) is 0 Å². The van der Waals surface area contributed by atoms with E-state index in [1.807, 2.05) is 0 Å². The Morgan fingerprint density at radius 3 is 1.81 bits per heavy atom. The fourth-order valence-electron chi connectivity index (χ4n) is 7.30. The fraction of sp³-hybridized carbons (Fsp3) is 0.452. The van der Waals surface area contributed by atoms with Crippen LogP contribution in [0.1, 0.15) is 11.1 Å². The van der Waals surface area contributed by atoms with Crippen molar-refractivity contribution in [2.24, 2.45) is 0 Å². The Morgan fingerprint density at radius 2 is 1.19 bits per heavy atom. The van der Waals surface area contributed by atoms with E-state index in [4.69, 9.17) is 37.9 Å². The Balaban J connectivity index is 1.23. The molecule has 2 aromatic carbocycles. The number of rotatable bonds is 13. The molecule has 16 atom stereocenters. The Hall–Kier alpha value is -5.15. The molecule has 4 heterocycles. The van der Waals surface area contributed by atoms with Crippen molar-refractivity contribution in [2.45, 2.75) is 98.2 Å². The predicted octanol–water partition coefficient (Wildman–Crippen LogP) is -2.85. The molecule has 1 aliphatic carbocycles. The summed E-state index contributed by atoms with van der Waals surface area (Å²) in [6.45, 7) is -2.31. The number of hydrogen-bond donors (Lipinski definition) is 13. The summed E-state index contributed by atoms with van der Waals surface area (Å²) in [4.78, 5) is 12.8. The summed E-state index contributed by atoms with van der Waals surface area (Å²) in [5.41, 5.74) is 0.835. The Labute approximate surface area is 362 Å². The second-order valence-electron chi connectivity index (χ2n) is 15.3. The number of aliphatic hydroxyl groups excluding tert-OH is 11. The average molecular weight is 905 g/mol. The molecule has 22 heteroatoms. The van der Waals surface area contributed by atoms with Gasteiger partial charge in [-0.05, 0) is 54.1 Å². The van der Waals surface area contributed by atoms with E-state index in [0.29, 0.717) is 5.56 Å². The van der Waals surface area contributed by atoms with Crippen molar-refractivity contribution in [1.29, 1.82) is 0 Å². The molecule has 4 aliphatic heterocycles. The third kappa shape index (κ3) is 10.0. The molecule has 2 aromatic rings. The maximum absolute atomic E-state index is 12.8. The maximum Gasteiger partial charge on any atom is 0.330 e. The summed E-state index contributed by atoms with van der Waals surface area (Å²) in [6.07, 6.45) is -21.9. The van der Waals surface area contributed by atoms with Gasteiger partial charge in [0.25, 0.3) is 0 Å². The average Bonchev–Trinajstić information content (AvgIpc) is 3.28. The van der Waals surface area contributed by atoms with Crippen LogP contribution in [-0.2, 0) is 42.7 Å². The van der Waals surface area contributed by atoms with Gasteiger partial charge < -0.3 is 104 Å². The summed E-state index contributed by atoms with van der Waals surface area (Å²) < 4.78 is 46.9. The molecule has 1 unspecified atom stereocenters. The first-order chi connectivity index (χ1) is 30.6. The molecule has 64 heavy (non-hydrogen) atoms. The predicted molar refractivity (Wildman–Crippen MR) is 210 cm³/mol. The maximum atomic E-state index is 12.8. The van der Waals surface area contributed by atoms with Gasteiger partial charge in [-0.15, -0.1) is 0 Å². The lowest BCUT2D eigenvalue weighted by Crippen LogP contribution is -2.64. The lowest BCUT2D eigenvalue weighted by molar-refractivity contribution is -0.363. The summed E-state index contributed by atoms with van der Waals surface area (Å²) >= 11 is 0. The van der Waals surface area contributed by atoms with Crippen LogP contribution in [0.5, 0.6) is 11.5 Å². The van der Waals surface area contributed by atoms with E-state index in [1.54, 1.807) is 0 Å². The minimum absolute atomic E-state index is 0.00210. The summed E-state index contributed by atoms with van der Waals surface area (Å²) in [6, 6.07) is 11.3. The highest BCUT2D eigenvalue weighted by Crippen LogP contribution is 2.41. The Morgan fingerprint density at radius 1 is 0.625 bits per heavy atom. The first-order valence-electron chi connectivity index (χ1n) is 19.9. The first-order valence-corrected chi connectivity index (χ1v) is 19.9. The van der Waals surface area contributed by atoms with Crippen LogP contribution in [-0.4, -0.2) is 190 Å². The van der Waals surface area contributed by atoms with Crippen molar-refractivity contribution in [2.75, 3.05) is 19.8 Å². The van der Waals surface area contributed by atoms with Crippen molar-refractivity contribution in [3.8, 4) is 11.5 Å². The van der Waals surface area contributed by atoms with Crippen LogP contribution >= 0.6 is 0 Å². The van der Waals surface area contributed by atoms with E-state index in [9.17, 15) is 71.2 Å². The third-order valence-corrected chi connectivity index (χ3v) is 10.9. The quantitative estimate of drug-likeness (QED) is 0.0711. The summed E-state index contributed by atoms with van der Waals surface area (Å²) in [7, 11) is 0. The molecule has 0 aromatic heterocycles. The van der Waals surface area contributed by atoms with Gasteiger partial charge in [0.2, 0.25) is 12.6 Å². The van der Waals surface area contributed by atoms with Crippen molar-refractivity contribution in [1.82, 2.24) is 0 Å². The molecule has 3 saturated heterocycles. The molecule has 0 saturated carbocycles. The highest BCUT2D eigenvalue weighted by atomic mass is 16.8. The lowest BCUT2D eigenvalue weighted by atomic mass is 9.96. The van der Waals surface area contributed by atoms with Crippen molar-refractivity contribution >= 4 is 17.8 Å².